The van der Waals surface area contributed by atoms with E-state index < -0.39 is 16.6 Å². The van der Waals surface area contributed by atoms with Crippen LogP contribution in [0.3, 0.4) is 0 Å². The molecule has 0 fully saturated rings. The molecule has 0 aliphatic rings. The van der Waals surface area contributed by atoms with Crippen molar-refractivity contribution in [3.05, 3.63) is 75.6 Å². The third-order valence-electron chi connectivity index (χ3n) is 2.99. The van der Waals surface area contributed by atoms with Gasteiger partial charge in [0.2, 0.25) is 5.91 Å². The van der Waals surface area contributed by atoms with Crippen molar-refractivity contribution in [1.82, 2.24) is 0 Å². The first-order valence-electron chi connectivity index (χ1n) is 6.45. The van der Waals surface area contributed by atoms with E-state index in [2.05, 4.69) is 5.32 Å². The van der Waals surface area contributed by atoms with Crippen LogP contribution in [0.5, 0.6) is 0 Å². The van der Waals surface area contributed by atoms with Crippen molar-refractivity contribution in [2.45, 2.75) is 6.92 Å². The largest absolute Gasteiger partial charge is 0.322 e. The zero-order chi connectivity index (χ0) is 16.1. The number of carbonyl (C=O) groups is 1. The number of hydrogen-bond donors (Lipinski definition) is 1. The van der Waals surface area contributed by atoms with Crippen LogP contribution in [-0.2, 0) is 4.79 Å². The van der Waals surface area contributed by atoms with Crippen molar-refractivity contribution in [2.24, 2.45) is 0 Å². The average Bonchev–Trinajstić information content (AvgIpc) is 2.49. The number of amides is 1. The summed E-state index contributed by atoms with van der Waals surface area (Å²) in [5.74, 6) is -0.840. The molecular weight excluding hydrogens is 287 g/mol. The average molecular weight is 300 g/mol. The van der Waals surface area contributed by atoms with Crippen molar-refractivity contribution in [3.63, 3.8) is 0 Å². The summed E-state index contributed by atoms with van der Waals surface area (Å²) in [7, 11) is 0. The lowest BCUT2D eigenvalue weighted by Gasteiger charge is -2.06. The van der Waals surface area contributed by atoms with Gasteiger partial charge in [-0.25, -0.2) is 4.39 Å². The second-order valence-electron chi connectivity index (χ2n) is 4.63. The van der Waals surface area contributed by atoms with Crippen LogP contribution in [0.4, 0.5) is 15.8 Å². The first-order chi connectivity index (χ1) is 10.5. The van der Waals surface area contributed by atoms with Gasteiger partial charge in [0, 0.05) is 23.9 Å². The van der Waals surface area contributed by atoms with Crippen molar-refractivity contribution < 1.29 is 14.1 Å². The van der Waals surface area contributed by atoms with Crippen LogP contribution in [-0.4, -0.2) is 10.8 Å². The van der Waals surface area contributed by atoms with Crippen LogP contribution in [0.15, 0.2) is 48.5 Å². The number of nitrogens with one attached hydrogen (secondary N) is 1. The molecule has 0 saturated heterocycles. The van der Waals surface area contributed by atoms with Crippen LogP contribution >= 0.6 is 0 Å². The van der Waals surface area contributed by atoms with E-state index in [1.165, 1.54) is 48.6 Å². The van der Waals surface area contributed by atoms with E-state index >= 15 is 0 Å². The molecule has 0 aromatic heterocycles. The molecule has 0 saturated carbocycles. The van der Waals surface area contributed by atoms with Gasteiger partial charge in [0.15, 0.2) is 0 Å². The minimum Gasteiger partial charge on any atom is -0.322 e. The van der Waals surface area contributed by atoms with E-state index in [0.29, 0.717) is 11.3 Å². The number of nitro benzene ring substituents is 1. The standard InChI is InChI=1S/C16H13FN2O3/c1-11-2-6-13(17)10-15(11)18-16(20)9-5-12-3-7-14(8-4-12)19(21)22/h2-10H,1H3,(H,18,20)/b9-5+. The second-order valence-corrected chi connectivity index (χ2v) is 4.63. The van der Waals surface area contributed by atoms with Gasteiger partial charge >= 0.3 is 0 Å². The zero-order valence-electron chi connectivity index (χ0n) is 11.7. The monoisotopic (exact) mass is 300 g/mol. The van der Waals surface area contributed by atoms with Gasteiger partial charge in [0.1, 0.15) is 5.82 Å². The highest BCUT2D eigenvalue weighted by atomic mass is 19.1. The molecule has 112 valence electrons. The van der Waals surface area contributed by atoms with E-state index in [1.54, 1.807) is 13.0 Å². The van der Waals surface area contributed by atoms with Gasteiger partial charge in [0.05, 0.1) is 4.92 Å². The molecule has 2 rings (SSSR count). The predicted octanol–water partition coefficient (Wildman–Crippen LogP) is 3.69. The molecule has 0 spiro atoms. The quantitative estimate of drug-likeness (QED) is 0.531. The molecule has 0 heterocycles. The molecule has 0 aliphatic carbocycles. The third kappa shape index (κ3) is 3.99. The Morgan fingerprint density at radius 3 is 2.55 bits per heavy atom. The van der Waals surface area contributed by atoms with Gasteiger partial charge in [-0.1, -0.05) is 6.07 Å². The maximum absolute atomic E-state index is 13.1. The maximum atomic E-state index is 13.1. The summed E-state index contributed by atoms with van der Waals surface area (Å²) in [5, 5.41) is 13.1. The van der Waals surface area contributed by atoms with Gasteiger partial charge in [0.25, 0.3) is 5.69 Å². The number of halogens is 1. The molecule has 0 unspecified atom stereocenters. The Labute approximate surface area is 126 Å². The van der Waals surface area contributed by atoms with Crippen molar-refractivity contribution in [2.75, 3.05) is 5.32 Å². The number of non-ortho nitro benzene ring substituents is 1. The Kier molecular flexibility index (Phi) is 4.63. The highest BCUT2D eigenvalue weighted by Crippen LogP contribution is 2.16. The number of carbonyl (C=O) groups excluding carboxylic acids is 1. The van der Waals surface area contributed by atoms with E-state index in [9.17, 15) is 19.3 Å². The number of aryl methyl sites for hydroxylation is 1. The van der Waals surface area contributed by atoms with E-state index in [4.69, 9.17) is 0 Å². The fraction of sp³-hybridized carbons (Fsp3) is 0.0625. The predicted molar refractivity (Wildman–Crippen MR) is 81.9 cm³/mol. The smallest absolute Gasteiger partial charge is 0.269 e. The first kappa shape index (κ1) is 15.4. The summed E-state index contributed by atoms with van der Waals surface area (Å²) < 4.78 is 13.1. The number of rotatable bonds is 4. The number of hydrogen-bond acceptors (Lipinski definition) is 3. The molecule has 1 amide bonds. The normalized spacial score (nSPS) is 10.6. The van der Waals surface area contributed by atoms with Crippen LogP contribution in [0.2, 0.25) is 0 Å². The molecule has 0 radical (unpaired) electrons. The zero-order valence-corrected chi connectivity index (χ0v) is 11.7. The van der Waals surface area contributed by atoms with Gasteiger partial charge in [-0.15, -0.1) is 0 Å². The Bertz CT molecular complexity index is 740. The third-order valence-corrected chi connectivity index (χ3v) is 2.99. The summed E-state index contributed by atoms with van der Waals surface area (Å²) in [6.45, 7) is 1.76. The van der Waals surface area contributed by atoms with Crippen molar-refractivity contribution in [1.29, 1.82) is 0 Å². The molecule has 22 heavy (non-hydrogen) atoms. The fourth-order valence-corrected chi connectivity index (χ4v) is 1.78. The summed E-state index contributed by atoms with van der Waals surface area (Å²) in [5.41, 5.74) is 1.78. The SMILES string of the molecule is Cc1ccc(F)cc1NC(=O)/C=C/c1ccc([N+](=O)[O-])cc1. The molecule has 5 nitrogen and oxygen atoms in total. The summed E-state index contributed by atoms with van der Waals surface area (Å²) in [4.78, 5) is 21.8. The van der Waals surface area contributed by atoms with E-state index in [1.807, 2.05) is 0 Å². The summed E-state index contributed by atoms with van der Waals surface area (Å²) >= 11 is 0. The molecule has 0 aliphatic heterocycles. The Balaban J connectivity index is 2.05. The molecule has 1 N–H and O–H groups in total. The lowest BCUT2D eigenvalue weighted by atomic mass is 10.2. The van der Waals surface area contributed by atoms with Crippen molar-refractivity contribution in [3.8, 4) is 0 Å². The van der Waals surface area contributed by atoms with Gasteiger partial charge < -0.3 is 5.32 Å². The van der Waals surface area contributed by atoms with Gasteiger partial charge in [-0.2, -0.15) is 0 Å². The minimum atomic E-state index is -0.493. The van der Waals surface area contributed by atoms with Gasteiger partial charge in [-0.3, -0.25) is 14.9 Å². The van der Waals surface area contributed by atoms with Crippen LogP contribution in [0, 0.1) is 22.9 Å². The topological polar surface area (TPSA) is 72.2 Å². The fourth-order valence-electron chi connectivity index (χ4n) is 1.78. The first-order valence-corrected chi connectivity index (χ1v) is 6.45. The number of nitro groups is 1. The second kappa shape index (κ2) is 6.62. The Hall–Kier alpha value is -3.02. The number of nitrogens with zero attached hydrogens (tertiary/aromatic N) is 1. The lowest BCUT2D eigenvalue weighted by Crippen LogP contribution is -2.09. The maximum Gasteiger partial charge on any atom is 0.269 e. The lowest BCUT2D eigenvalue weighted by molar-refractivity contribution is -0.384. The highest BCUT2D eigenvalue weighted by Gasteiger charge is 2.04. The number of benzene rings is 2. The highest BCUT2D eigenvalue weighted by molar-refractivity contribution is 6.02. The molecule has 2 aromatic rings. The minimum absolute atomic E-state index is 0.0167. The summed E-state index contributed by atoms with van der Waals surface area (Å²) in [6, 6.07) is 9.92. The molecular formula is C16H13FN2O3. The van der Waals surface area contributed by atoms with Crippen LogP contribution < -0.4 is 5.32 Å². The molecule has 6 heteroatoms. The summed E-state index contributed by atoms with van der Waals surface area (Å²) in [6.07, 6.45) is 2.80. The Morgan fingerprint density at radius 1 is 1.23 bits per heavy atom. The number of anilines is 1. The van der Waals surface area contributed by atoms with Crippen LogP contribution in [0.1, 0.15) is 11.1 Å². The van der Waals surface area contributed by atoms with E-state index in [0.717, 1.165) is 5.56 Å². The van der Waals surface area contributed by atoms with Crippen molar-refractivity contribution >= 4 is 23.4 Å². The van der Waals surface area contributed by atoms with E-state index in [-0.39, 0.29) is 5.69 Å². The van der Waals surface area contributed by atoms with Gasteiger partial charge in [-0.05, 0) is 48.4 Å². The van der Waals surface area contributed by atoms with Crippen LogP contribution in [0.25, 0.3) is 6.08 Å². The Morgan fingerprint density at radius 2 is 1.91 bits per heavy atom. The molecule has 0 atom stereocenters. The molecule has 0 bridgehead atoms. The molecule has 2 aromatic carbocycles.